The highest BCUT2D eigenvalue weighted by atomic mass is 35.5. The number of carbonyl (C=O) groups is 1. The van der Waals surface area contributed by atoms with Gasteiger partial charge in [-0.25, -0.2) is 9.97 Å². The Morgan fingerprint density at radius 1 is 1.33 bits per heavy atom. The van der Waals surface area contributed by atoms with Crippen molar-refractivity contribution in [2.45, 2.75) is 13.5 Å². The fourth-order valence-corrected chi connectivity index (χ4v) is 2.01. The minimum Gasteiger partial charge on any atom is -0.348 e. The Balaban J connectivity index is 2.09. The molecule has 1 heterocycles. The molecular weight excluding hydrogens is 288 g/mol. The first-order chi connectivity index (χ1) is 9.99. The van der Waals surface area contributed by atoms with E-state index in [0.717, 1.165) is 5.56 Å². The van der Waals surface area contributed by atoms with Crippen molar-refractivity contribution in [1.29, 1.82) is 0 Å². The first kappa shape index (κ1) is 15.3. The minimum atomic E-state index is -0.210. The summed E-state index contributed by atoms with van der Waals surface area (Å²) in [5.74, 6) is 0.368. The maximum absolute atomic E-state index is 12.2. The summed E-state index contributed by atoms with van der Waals surface area (Å²) in [6, 6.07) is 7.41. The average molecular weight is 305 g/mol. The zero-order chi connectivity index (χ0) is 15.4. The zero-order valence-electron chi connectivity index (χ0n) is 12.2. The van der Waals surface area contributed by atoms with Gasteiger partial charge < -0.3 is 10.2 Å². The topological polar surface area (TPSA) is 58.1 Å². The second-order valence-corrected chi connectivity index (χ2v) is 5.24. The van der Waals surface area contributed by atoms with Crippen LogP contribution in [0.4, 0.5) is 5.95 Å². The third kappa shape index (κ3) is 3.70. The molecule has 1 aromatic carbocycles. The van der Waals surface area contributed by atoms with Crippen molar-refractivity contribution >= 4 is 23.5 Å². The lowest BCUT2D eigenvalue weighted by atomic mass is 10.2. The SMILES string of the molecule is Cc1nc(N(C)C)ncc1C(=O)NCc1ccccc1Cl. The van der Waals surface area contributed by atoms with Crippen LogP contribution < -0.4 is 10.2 Å². The van der Waals surface area contributed by atoms with Gasteiger partial charge in [0.2, 0.25) is 5.95 Å². The molecule has 1 N–H and O–H groups in total. The van der Waals surface area contributed by atoms with Crippen molar-refractivity contribution in [3.63, 3.8) is 0 Å². The fourth-order valence-electron chi connectivity index (χ4n) is 1.81. The van der Waals surface area contributed by atoms with Gasteiger partial charge in [0.25, 0.3) is 5.91 Å². The van der Waals surface area contributed by atoms with Gasteiger partial charge in [-0.3, -0.25) is 4.79 Å². The van der Waals surface area contributed by atoms with Crippen molar-refractivity contribution in [2.24, 2.45) is 0 Å². The molecule has 21 heavy (non-hydrogen) atoms. The molecule has 2 aromatic rings. The smallest absolute Gasteiger partial charge is 0.254 e. The molecule has 0 saturated heterocycles. The number of carbonyl (C=O) groups excluding carboxylic acids is 1. The average Bonchev–Trinajstić information content (AvgIpc) is 2.46. The van der Waals surface area contributed by atoms with E-state index in [4.69, 9.17) is 11.6 Å². The molecule has 0 saturated carbocycles. The number of aromatic nitrogens is 2. The first-order valence-corrected chi connectivity index (χ1v) is 6.89. The molecule has 0 radical (unpaired) electrons. The number of anilines is 1. The third-order valence-electron chi connectivity index (χ3n) is 3.01. The van der Waals surface area contributed by atoms with Crippen LogP contribution in [0.25, 0.3) is 0 Å². The van der Waals surface area contributed by atoms with Gasteiger partial charge in [0, 0.05) is 31.9 Å². The van der Waals surface area contributed by atoms with Crippen LogP contribution in [0.2, 0.25) is 5.02 Å². The Bertz CT molecular complexity index is 658. The van der Waals surface area contributed by atoms with E-state index in [9.17, 15) is 4.79 Å². The summed E-state index contributed by atoms with van der Waals surface area (Å²) >= 11 is 6.06. The van der Waals surface area contributed by atoms with Crippen molar-refractivity contribution in [3.8, 4) is 0 Å². The van der Waals surface area contributed by atoms with Crippen LogP contribution >= 0.6 is 11.6 Å². The van der Waals surface area contributed by atoms with E-state index in [1.807, 2.05) is 32.3 Å². The maximum Gasteiger partial charge on any atom is 0.254 e. The Labute approximate surface area is 129 Å². The summed E-state index contributed by atoms with van der Waals surface area (Å²) in [4.78, 5) is 22.4. The van der Waals surface area contributed by atoms with Crippen LogP contribution in [0.3, 0.4) is 0 Å². The van der Waals surface area contributed by atoms with E-state index in [2.05, 4.69) is 15.3 Å². The molecule has 2 rings (SSSR count). The summed E-state index contributed by atoms with van der Waals surface area (Å²) in [5, 5.41) is 3.46. The second kappa shape index (κ2) is 6.54. The Kier molecular flexibility index (Phi) is 4.75. The van der Waals surface area contributed by atoms with Gasteiger partial charge >= 0.3 is 0 Å². The molecule has 0 aliphatic heterocycles. The number of hydrogen-bond acceptors (Lipinski definition) is 4. The second-order valence-electron chi connectivity index (χ2n) is 4.84. The molecule has 0 bridgehead atoms. The van der Waals surface area contributed by atoms with E-state index in [0.29, 0.717) is 28.8 Å². The van der Waals surface area contributed by atoms with Crippen LogP contribution in [-0.4, -0.2) is 30.0 Å². The van der Waals surface area contributed by atoms with Crippen LogP contribution in [-0.2, 0) is 6.54 Å². The van der Waals surface area contributed by atoms with Crippen molar-refractivity contribution in [2.75, 3.05) is 19.0 Å². The Morgan fingerprint density at radius 3 is 2.67 bits per heavy atom. The van der Waals surface area contributed by atoms with Crippen molar-refractivity contribution in [3.05, 3.63) is 52.3 Å². The van der Waals surface area contributed by atoms with Gasteiger partial charge in [-0.05, 0) is 18.6 Å². The Hall–Kier alpha value is -2.14. The number of nitrogens with zero attached hydrogens (tertiary/aromatic N) is 3. The molecule has 0 fully saturated rings. The van der Waals surface area contributed by atoms with Crippen molar-refractivity contribution in [1.82, 2.24) is 15.3 Å². The van der Waals surface area contributed by atoms with E-state index >= 15 is 0 Å². The number of amides is 1. The number of nitrogens with one attached hydrogen (secondary N) is 1. The lowest BCUT2D eigenvalue weighted by molar-refractivity contribution is 0.0949. The van der Waals surface area contributed by atoms with Gasteiger partial charge in [0.15, 0.2) is 0 Å². The molecule has 0 aliphatic carbocycles. The van der Waals surface area contributed by atoms with Crippen LogP contribution in [0.5, 0.6) is 0 Å². The quantitative estimate of drug-likeness (QED) is 0.942. The summed E-state index contributed by atoms with van der Waals surface area (Å²) in [6.45, 7) is 2.16. The molecule has 5 nitrogen and oxygen atoms in total. The van der Waals surface area contributed by atoms with Crippen molar-refractivity contribution < 1.29 is 4.79 Å². The van der Waals surface area contributed by atoms with Gasteiger partial charge in [0.05, 0.1) is 11.3 Å². The van der Waals surface area contributed by atoms with Gasteiger partial charge in [-0.2, -0.15) is 0 Å². The highest BCUT2D eigenvalue weighted by molar-refractivity contribution is 6.31. The molecule has 1 amide bonds. The molecule has 0 unspecified atom stereocenters. The highest BCUT2D eigenvalue weighted by Crippen LogP contribution is 2.15. The third-order valence-corrected chi connectivity index (χ3v) is 3.38. The lowest BCUT2D eigenvalue weighted by Gasteiger charge is -2.12. The summed E-state index contributed by atoms with van der Waals surface area (Å²) in [7, 11) is 3.71. The van der Waals surface area contributed by atoms with Gasteiger partial charge in [-0.1, -0.05) is 29.8 Å². The van der Waals surface area contributed by atoms with E-state index in [1.165, 1.54) is 0 Å². The number of rotatable bonds is 4. The van der Waals surface area contributed by atoms with Crippen LogP contribution in [0.15, 0.2) is 30.5 Å². The maximum atomic E-state index is 12.2. The minimum absolute atomic E-state index is 0.210. The summed E-state index contributed by atoms with van der Waals surface area (Å²) in [6.07, 6.45) is 1.54. The summed E-state index contributed by atoms with van der Waals surface area (Å²) in [5.41, 5.74) is 1.98. The number of halogens is 1. The molecule has 0 atom stereocenters. The molecule has 0 aliphatic rings. The van der Waals surface area contributed by atoms with Crippen LogP contribution in [0.1, 0.15) is 21.6 Å². The lowest BCUT2D eigenvalue weighted by Crippen LogP contribution is -2.25. The normalized spacial score (nSPS) is 10.3. The zero-order valence-corrected chi connectivity index (χ0v) is 13.0. The molecular formula is C15H17ClN4O. The van der Waals surface area contributed by atoms with E-state index < -0.39 is 0 Å². The monoisotopic (exact) mass is 304 g/mol. The van der Waals surface area contributed by atoms with E-state index in [-0.39, 0.29) is 5.91 Å². The number of benzene rings is 1. The van der Waals surface area contributed by atoms with Gasteiger partial charge in [-0.15, -0.1) is 0 Å². The fraction of sp³-hybridized carbons (Fsp3) is 0.267. The van der Waals surface area contributed by atoms with Crippen LogP contribution in [0, 0.1) is 6.92 Å². The number of hydrogen-bond donors (Lipinski definition) is 1. The number of aryl methyl sites for hydroxylation is 1. The standard InChI is InChI=1S/C15H17ClN4O/c1-10-12(9-18-15(19-10)20(2)3)14(21)17-8-11-6-4-5-7-13(11)16/h4-7,9H,8H2,1-3H3,(H,17,21). The predicted molar refractivity (Wildman–Crippen MR) is 83.7 cm³/mol. The predicted octanol–water partition coefficient (Wildman–Crippen LogP) is 2.43. The molecule has 110 valence electrons. The van der Waals surface area contributed by atoms with E-state index in [1.54, 1.807) is 24.1 Å². The Morgan fingerprint density at radius 2 is 2.05 bits per heavy atom. The van der Waals surface area contributed by atoms with Gasteiger partial charge in [0.1, 0.15) is 0 Å². The highest BCUT2D eigenvalue weighted by Gasteiger charge is 2.12. The summed E-state index contributed by atoms with van der Waals surface area (Å²) < 4.78 is 0. The molecule has 0 spiro atoms. The molecule has 6 heteroatoms. The largest absolute Gasteiger partial charge is 0.348 e. The first-order valence-electron chi connectivity index (χ1n) is 6.51. The molecule has 1 aromatic heterocycles.